The Kier molecular flexibility index (Phi) is 2.59. The zero-order valence-corrected chi connectivity index (χ0v) is 10.3. The Morgan fingerprint density at radius 2 is 2.12 bits per heavy atom. The van der Waals surface area contributed by atoms with Crippen LogP contribution in [0, 0.1) is 6.92 Å². The van der Waals surface area contributed by atoms with Crippen LogP contribution in [0.4, 0.5) is 5.69 Å². The number of carbonyl (C=O) groups is 1. The molecule has 0 aliphatic heterocycles. The van der Waals surface area contributed by atoms with Crippen molar-refractivity contribution < 1.29 is 9.53 Å². The van der Waals surface area contributed by atoms with Gasteiger partial charge in [-0.05, 0) is 31.5 Å². The number of anilines is 1. The first kappa shape index (κ1) is 11.0. The highest BCUT2D eigenvalue weighted by Crippen LogP contribution is 2.39. The van der Waals surface area contributed by atoms with E-state index in [2.05, 4.69) is 0 Å². The van der Waals surface area contributed by atoms with Crippen molar-refractivity contribution in [2.75, 3.05) is 12.8 Å². The van der Waals surface area contributed by atoms with E-state index in [4.69, 9.17) is 10.5 Å². The molecule has 0 fully saturated rings. The van der Waals surface area contributed by atoms with Gasteiger partial charge in [-0.2, -0.15) is 0 Å². The van der Waals surface area contributed by atoms with Crippen LogP contribution in [-0.2, 0) is 0 Å². The number of fused-ring (bicyclic) bond motifs is 1. The molecular weight excluding hydrogens is 222 g/mol. The van der Waals surface area contributed by atoms with Crippen molar-refractivity contribution in [3.05, 3.63) is 22.6 Å². The van der Waals surface area contributed by atoms with E-state index in [1.165, 1.54) is 11.3 Å². The summed E-state index contributed by atoms with van der Waals surface area (Å²) in [5.74, 6) is 0.833. The summed E-state index contributed by atoms with van der Waals surface area (Å²) < 4.78 is 6.24. The van der Waals surface area contributed by atoms with Crippen LogP contribution >= 0.6 is 11.3 Å². The third-order valence-electron chi connectivity index (χ3n) is 2.59. The first-order chi connectivity index (χ1) is 7.54. The lowest BCUT2D eigenvalue weighted by Crippen LogP contribution is -1.92. The first-order valence-corrected chi connectivity index (χ1v) is 5.73. The Morgan fingerprint density at radius 1 is 1.44 bits per heavy atom. The van der Waals surface area contributed by atoms with E-state index in [1.807, 2.05) is 19.1 Å². The molecule has 1 aromatic carbocycles. The molecule has 0 bridgehead atoms. The average Bonchev–Trinajstić information content (AvgIpc) is 2.68. The predicted molar refractivity (Wildman–Crippen MR) is 67.5 cm³/mol. The topological polar surface area (TPSA) is 52.3 Å². The molecule has 0 radical (unpaired) electrons. The minimum Gasteiger partial charge on any atom is -0.495 e. The van der Waals surface area contributed by atoms with E-state index in [0.717, 1.165) is 27.1 Å². The molecular formula is C12H13NO2S. The molecule has 2 rings (SSSR count). The summed E-state index contributed by atoms with van der Waals surface area (Å²) in [7, 11) is 1.62. The monoisotopic (exact) mass is 235 g/mol. The third kappa shape index (κ3) is 1.55. The minimum absolute atomic E-state index is 0.0558. The van der Waals surface area contributed by atoms with Crippen molar-refractivity contribution in [1.29, 1.82) is 0 Å². The standard InChI is InChI=1S/C12H13NO2S/c1-6-4-9(15-3)12-8(11(6)13)5-10(16-12)7(2)14/h4-5H,13H2,1-3H3. The maximum atomic E-state index is 11.3. The van der Waals surface area contributed by atoms with Crippen LogP contribution in [0.1, 0.15) is 22.2 Å². The molecule has 0 spiro atoms. The SMILES string of the molecule is COc1cc(C)c(N)c2cc(C(C)=O)sc12. The van der Waals surface area contributed by atoms with Gasteiger partial charge in [-0.3, -0.25) is 4.79 Å². The molecule has 0 aliphatic rings. The summed E-state index contributed by atoms with van der Waals surface area (Å²) in [5, 5.41) is 0.909. The number of methoxy groups -OCH3 is 1. The number of hydrogen-bond acceptors (Lipinski definition) is 4. The van der Waals surface area contributed by atoms with Crippen LogP contribution in [0.3, 0.4) is 0 Å². The molecule has 0 atom stereocenters. The van der Waals surface area contributed by atoms with Crippen LogP contribution in [0.15, 0.2) is 12.1 Å². The summed E-state index contributed by atoms with van der Waals surface area (Å²) in [6.07, 6.45) is 0. The molecule has 3 nitrogen and oxygen atoms in total. The highest BCUT2D eigenvalue weighted by atomic mass is 32.1. The van der Waals surface area contributed by atoms with Gasteiger partial charge in [0.25, 0.3) is 0 Å². The second-order valence-electron chi connectivity index (χ2n) is 3.72. The maximum absolute atomic E-state index is 11.3. The van der Waals surface area contributed by atoms with E-state index >= 15 is 0 Å². The molecule has 0 saturated heterocycles. The molecule has 1 aromatic heterocycles. The van der Waals surface area contributed by atoms with Crippen molar-refractivity contribution in [2.24, 2.45) is 0 Å². The fourth-order valence-electron chi connectivity index (χ4n) is 1.65. The Labute approximate surface area is 97.8 Å². The lowest BCUT2D eigenvalue weighted by molar-refractivity contribution is 0.102. The fourth-order valence-corrected chi connectivity index (χ4v) is 2.71. The molecule has 0 amide bonds. The predicted octanol–water partition coefficient (Wildman–Crippen LogP) is 3.00. The highest BCUT2D eigenvalue weighted by Gasteiger charge is 2.13. The summed E-state index contributed by atoms with van der Waals surface area (Å²) in [4.78, 5) is 12.1. The van der Waals surface area contributed by atoms with E-state index in [9.17, 15) is 4.79 Å². The van der Waals surface area contributed by atoms with E-state index < -0.39 is 0 Å². The van der Waals surface area contributed by atoms with Crippen LogP contribution in [0.25, 0.3) is 10.1 Å². The normalized spacial score (nSPS) is 10.7. The molecule has 0 aliphatic carbocycles. The van der Waals surface area contributed by atoms with Gasteiger partial charge in [-0.1, -0.05) is 0 Å². The second kappa shape index (κ2) is 3.79. The largest absolute Gasteiger partial charge is 0.495 e. The van der Waals surface area contributed by atoms with Crippen molar-refractivity contribution in [1.82, 2.24) is 0 Å². The molecule has 4 heteroatoms. The number of Topliss-reactive ketones (excluding diaryl/α,β-unsaturated/α-hetero) is 1. The number of thiophene rings is 1. The minimum atomic E-state index is 0.0558. The van der Waals surface area contributed by atoms with Crippen LogP contribution in [0.2, 0.25) is 0 Å². The molecule has 0 unspecified atom stereocenters. The maximum Gasteiger partial charge on any atom is 0.169 e. The number of benzene rings is 1. The molecule has 84 valence electrons. The summed E-state index contributed by atoms with van der Waals surface area (Å²) in [5.41, 5.74) is 7.69. The van der Waals surface area contributed by atoms with Gasteiger partial charge in [0.05, 0.1) is 16.7 Å². The van der Waals surface area contributed by atoms with E-state index in [-0.39, 0.29) is 5.78 Å². The Hall–Kier alpha value is -1.55. The number of nitrogens with two attached hydrogens (primary N) is 1. The quantitative estimate of drug-likeness (QED) is 0.643. The van der Waals surface area contributed by atoms with Gasteiger partial charge in [-0.15, -0.1) is 11.3 Å². The summed E-state index contributed by atoms with van der Waals surface area (Å²) in [6.45, 7) is 3.49. The smallest absolute Gasteiger partial charge is 0.169 e. The van der Waals surface area contributed by atoms with Crippen LogP contribution in [0.5, 0.6) is 5.75 Å². The Morgan fingerprint density at radius 3 is 2.69 bits per heavy atom. The van der Waals surface area contributed by atoms with Crippen molar-refractivity contribution in [2.45, 2.75) is 13.8 Å². The molecule has 16 heavy (non-hydrogen) atoms. The fraction of sp³-hybridized carbons (Fsp3) is 0.250. The number of nitrogen functional groups attached to an aromatic ring is 1. The lowest BCUT2D eigenvalue weighted by atomic mass is 10.1. The van der Waals surface area contributed by atoms with Crippen LogP contribution in [-0.4, -0.2) is 12.9 Å². The molecule has 2 N–H and O–H groups in total. The molecule has 0 saturated carbocycles. The van der Waals surface area contributed by atoms with Crippen molar-refractivity contribution in [3.63, 3.8) is 0 Å². The van der Waals surface area contributed by atoms with Gasteiger partial charge in [0.15, 0.2) is 5.78 Å². The van der Waals surface area contributed by atoms with Gasteiger partial charge in [0.2, 0.25) is 0 Å². The Bertz CT molecular complexity index is 572. The van der Waals surface area contributed by atoms with Gasteiger partial charge in [0.1, 0.15) is 5.75 Å². The Balaban J connectivity index is 2.83. The molecule has 2 aromatic rings. The van der Waals surface area contributed by atoms with Crippen molar-refractivity contribution in [3.8, 4) is 5.75 Å². The lowest BCUT2D eigenvalue weighted by Gasteiger charge is -2.06. The third-order valence-corrected chi connectivity index (χ3v) is 3.84. The number of ether oxygens (including phenoxy) is 1. The summed E-state index contributed by atoms with van der Waals surface area (Å²) >= 11 is 1.42. The second-order valence-corrected chi connectivity index (χ2v) is 4.77. The van der Waals surface area contributed by atoms with E-state index in [1.54, 1.807) is 14.0 Å². The van der Waals surface area contributed by atoms with Crippen LogP contribution < -0.4 is 10.5 Å². The van der Waals surface area contributed by atoms with E-state index in [0.29, 0.717) is 4.88 Å². The average molecular weight is 235 g/mol. The number of aryl methyl sites for hydroxylation is 1. The molecule has 1 heterocycles. The van der Waals surface area contributed by atoms with Crippen molar-refractivity contribution >= 4 is 32.9 Å². The zero-order valence-electron chi connectivity index (χ0n) is 9.46. The zero-order chi connectivity index (χ0) is 11.9. The van der Waals surface area contributed by atoms with Gasteiger partial charge >= 0.3 is 0 Å². The summed E-state index contributed by atoms with van der Waals surface area (Å²) in [6, 6.07) is 3.74. The van der Waals surface area contributed by atoms with Gasteiger partial charge in [0, 0.05) is 11.1 Å². The number of hydrogen-bond donors (Lipinski definition) is 1. The van der Waals surface area contributed by atoms with Gasteiger partial charge < -0.3 is 10.5 Å². The first-order valence-electron chi connectivity index (χ1n) is 4.92. The number of carbonyl (C=O) groups excluding carboxylic acids is 1. The van der Waals surface area contributed by atoms with Gasteiger partial charge in [-0.25, -0.2) is 0 Å². The highest BCUT2D eigenvalue weighted by molar-refractivity contribution is 7.21. The number of ketones is 1. The number of rotatable bonds is 2.